The van der Waals surface area contributed by atoms with Crippen molar-refractivity contribution in [2.24, 2.45) is 0 Å². The van der Waals surface area contributed by atoms with Crippen molar-refractivity contribution < 1.29 is 4.79 Å². The second-order valence-corrected chi connectivity index (χ2v) is 5.89. The standard InChI is InChI=1S/C13H14BrN3OS/c1-16(7-8-17-6-2-5-15-17)13(18)4-3-12-9-11(14)10-19-12/h2-6,9-10H,7-8H2,1H3. The first-order valence-corrected chi connectivity index (χ1v) is 7.47. The fourth-order valence-corrected chi connectivity index (χ4v) is 2.83. The van der Waals surface area contributed by atoms with E-state index < -0.39 is 0 Å². The molecule has 0 unspecified atom stereocenters. The first kappa shape index (κ1) is 14.0. The zero-order valence-electron chi connectivity index (χ0n) is 10.5. The smallest absolute Gasteiger partial charge is 0.246 e. The Morgan fingerprint density at radius 2 is 2.47 bits per heavy atom. The van der Waals surface area contributed by atoms with Crippen molar-refractivity contribution in [1.29, 1.82) is 0 Å². The highest BCUT2D eigenvalue weighted by Gasteiger charge is 2.05. The van der Waals surface area contributed by atoms with Gasteiger partial charge in [0, 0.05) is 46.8 Å². The van der Waals surface area contributed by atoms with Gasteiger partial charge in [-0.2, -0.15) is 5.10 Å². The van der Waals surface area contributed by atoms with Crippen LogP contribution in [0.4, 0.5) is 0 Å². The molecule has 0 fully saturated rings. The van der Waals surface area contributed by atoms with E-state index in [9.17, 15) is 4.79 Å². The van der Waals surface area contributed by atoms with Crippen molar-refractivity contribution in [3.63, 3.8) is 0 Å². The SMILES string of the molecule is CN(CCn1cccn1)C(=O)C=Cc1cc(Br)cs1. The van der Waals surface area contributed by atoms with Gasteiger partial charge in [0.05, 0.1) is 6.54 Å². The van der Waals surface area contributed by atoms with Crippen LogP contribution < -0.4 is 0 Å². The summed E-state index contributed by atoms with van der Waals surface area (Å²) in [5, 5.41) is 6.09. The van der Waals surface area contributed by atoms with Crippen LogP contribution in [0.5, 0.6) is 0 Å². The topological polar surface area (TPSA) is 38.1 Å². The second kappa shape index (κ2) is 6.68. The number of amides is 1. The molecule has 0 saturated heterocycles. The van der Waals surface area contributed by atoms with Gasteiger partial charge in [-0.3, -0.25) is 9.48 Å². The minimum absolute atomic E-state index is 0.00308. The maximum atomic E-state index is 11.9. The average Bonchev–Trinajstić information content (AvgIpc) is 3.04. The van der Waals surface area contributed by atoms with Crippen LogP contribution in [-0.4, -0.2) is 34.2 Å². The molecule has 0 atom stereocenters. The first-order chi connectivity index (χ1) is 9.15. The lowest BCUT2D eigenvalue weighted by Gasteiger charge is -2.14. The second-order valence-electron chi connectivity index (χ2n) is 4.03. The Hall–Kier alpha value is -1.40. The van der Waals surface area contributed by atoms with Crippen molar-refractivity contribution in [2.45, 2.75) is 6.54 Å². The molecule has 0 N–H and O–H groups in total. The summed E-state index contributed by atoms with van der Waals surface area (Å²) in [4.78, 5) is 14.6. The van der Waals surface area contributed by atoms with Crippen molar-refractivity contribution in [1.82, 2.24) is 14.7 Å². The Labute approximate surface area is 124 Å². The van der Waals surface area contributed by atoms with Crippen LogP contribution >= 0.6 is 27.3 Å². The van der Waals surface area contributed by atoms with Gasteiger partial charge in [0.1, 0.15) is 0 Å². The fraction of sp³-hybridized carbons (Fsp3) is 0.231. The lowest BCUT2D eigenvalue weighted by molar-refractivity contribution is -0.124. The number of aromatic nitrogens is 2. The predicted molar refractivity (Wildman–Crippen MR) is 80.9 cm³/mol. The average molecular weight is 340 g/mol. The molecule has 1 amide bonds. The summed E-state index contributed by atoms with van der Waals surface area (Å²) in [7, 11) is 1.79. The van der Waals surface area contributed by atoms with E-state index in [4.69, 9.17) is 0 Å². The zero-order valence-corrected chi connectivity index (χ0v) is 12.9. The number of carbonyl (C=O) groups is 1. The molecule has 19 heavy (non-hydrogen) atoms. The summed E-state index contributed by atoms with van der Waals surface area (Å²) in [6.07, 6.45) is 7.05. The molecule has 0 aliphatic rings. The molecular weight excluding hydrogens is 326 g/mol. The van der Waals surface area contributed by atoms with Crippen molar-refractivity contribution >= 4 is 39.2 Å². The van der Waals surface area contributed by atoms with Crippen LogP contribution in [0.1, 0.15) is 4.88 Å². The first-order valence-electron chi connectivity index (χ1n) is 5.80. The molecule has 100 valence electrons. The molecule has 0 aromatic carbocycles. The molecule has 0 spiro atoms. The molecule has 0 aliphatic heterocycles. The normalized spacial score (nSPS) is 11.1. The van der Waals surface area contributed by atoms with Crippen LogP contribution in [0, 0.1) is 0 Å². The van der Waals surface area contributed by atoms with Crippen LogP contribution in [0.3, 0.4) is 0 Å². The van der Waals surface area contributed by atoms with E-state index in [1.165, 1.54) is 0 Å². The van der Waals surface area contributed by atoms with Gasteiger partial charge in [-0.25, -0.2) is 0 Å². The quantitative estimate of drug-likeness (QED) is 0.785. The van der Waals surface area contributed by atoms with Crippen molar-refractivity contribution in [3.05, 3.63) is 45.3 Å². The Morgan fingerprint density at radius 3 is 3.11 bits per heavy atom. The van der Waals surface area contributed by atoms with Gasteiger partial charge in [-0.15, -0.1) is 11.3 Å². The third-order valence-electron chi connectivity index (χ3n) is 2.58. The molecule has 2 aromatic rings. The molecule has 6 heteroatoms. The number of hydrogen-bond acceptors (Lipinski definition) is 3. The summed E-state index contributed by atoms with van der Waals surface area (Å²) in [6.45, 7) is 1.34. The van der Waals surface area contributed by atoms with Crippen LogP contribution in [0.2, 0.25) is 0 Å². The Kier molecular flexibility index (Phi) is 4.93. The molecule has 2 rings (SSSR count). The van der Waals surface area contributed by atoms with Gasteiger partial charge in [0.2, 0.25) is 5.91 Å². The largest absolute Gasteiger partial charge is 0.340 e. The minimum atomic E-state index is -0.00308. The summed E-state index contributed by atoms with van der Waals surface area (Å²) in [6, 6.07) is 3.86. The van der Waals surface area contributed by atoms with E-state index in [-0.39, 0.29) is 5.91 Å². The van der Waals surface area contributed by atoms with E-state index in [1.807, 2.05) is 34.5 Å². The third-order valence-corrected chi connectivity index (χ3v) is 4.24. The van der Waals surface area contributed by atoms with E-state index in [0.717, 1.165) is 9.35 Å². The highest BCUT2D eigenvalue weighted by molar-refractivity contribution is 9.10. The van der Waals surface area contributed by atoms with Crippen LogP contribution in [0.15, 0.2) is 40.5 Å². The van der Waals surface area contributed by atoms with Gasteiger partial charge >= 0.3 is 0 Å². The maximum absolute atomic E-state index is 11.9. The summed E-state index contributed by atoms with van der Waals surface area (Å²) in [5.41, 5.74) is 0. The third kappa shape index (κ3) is 4.33. The van der Waals surface area contributed by atoms with E-state index in [0.29, 0.717) is 13.1 Å². The van der Waals surface area contributed by atoms with Crippen molar-refractivity contribution in [3.8, 4) is 0 Å². The molecule has 2 aromatic heterocycles. The number of rotatable bonds is 5. The maximum Gasteiger partial charge on any atom is 0.246 e. The number of carbonyl (C=O) groups excluding carboxylic acids is 1. The van der Waals surface area contributed by atoms with Crippen molar-refractivity contribution in [2.75, 3.05) is 13.6 Å². The molecule has 0 bridgehead atoms. The summed E-state index contributed by atoms with van der Waals surface area (Å²) in [5.74, 6) is -0.00308. The van der Waals surface area contributed by atoms with E-state index in [2.05, 4.69) is 21.0 Å². The number of thiophene rings is 1. The van der Waals surface area contributed by atoms with Gasteiger partial charge in [-0.05, 0) is 34.1 Å². The predicted octanol–water partition coefficient (Wildman–Crippen LogP) is 2.88. The summed E-state index contributed by atoms with van der Waals surface area (Å²) >= 11 is 4.98. The van der Waals surface area contributed by atoms with E-state index in [1.54, 1.807) is 35.6 Å². The lowest BCUT2D eigenvalue weighted by atomic mass is 10.4. The molecule has 2 heterocycles. The number of likely N-dealkylation sites (N-methyl/N-ethyl adjacent to an activating group) is 1. The molecule has 0 saturated carbocycles. The van der Waals surface area contributed by atoms with Crippen LogP contribution in [-0.2, 0) is 11.3 Å². The minimum Gasteiger partial charge on any atom is -0.340 e. The molecule has 0 radical (unpaired) electrons. The van der Waals surface area contributed by atoms with Crippen LogP contribution in [0.25, 0.3) is 6.08 Å². The van der Waals surface area contributed by atoms with E-state index >= 15 is 0 Å². The van der Waals surface area contributed by atoms with Gasteiger partial charge < -0.3 is 4.90 Å². The highest BCUT2D eigenvalue weighted by Crippen LogP contribution is 2.20. The van der Waals surface area contributed by atoms with Gasteiger partial charge in [0.15, 0.2) is 0 Å². The number of hydrogen-bond donors (Lipinski definition) is 0. The van der Waals surface area contributed by atoms with Gasteiger partial charge in [-0.1, -0.05) is 0 Å². The lowest BCUT2D eigenvalue weighted by Crippen LogP contribution is -2.28. The fourth-order valence-electron chi connectivity index (χ4n) is 1.49. The Balaban J connectivity index is 1.83. The molecule has 0 aliphatic carbocycles. The highest BCUT2D eigenvalue weighted by atomic mass is 79.9. The van der Waals surface area contributed by atoms with Gasteiger partial charge in [0.25, 0.3) is 0 Å². The monoisotopic (exact) mass is 339 g/mol. The molecule has 4 nitrogen and oxygen atoms in total. The Bertz CT molecular complexity index is 562. The number of halogens is 1. The molecular formula is C13H14BrN3OS. The zero-order chi connectivity index (χ0) is 13.7. The number of nitrogens with zero attached hydrogens (tertiary/aromatic N) is 3. The summed E-state index contributed by atoms with van der Waals surface area (Å²) < 4.78 is 2.85. The Morgan fingerprint density at radius 1 is 1.63 bits per heavy atom.